The minimum Gasteiger partial charge on any atom is -0.356 e. The van der Waals surface area contributed by atoms with Crippen LogP contribution in [0, 0.1) is 12.3 Å². The Kier molecular flexibility index (Phi) is 7.23. The molecule has 0 spiro atoms. The molecule has 0 bridgehead atoms. The minimum atomic E-state index is -0.0622. The van der Waals surface area contributed by atoms with Gasteiger partial charge in [0.1, 0.15) is 0 Å². The van der Waals surface area contributed by atoms with Crippen molar-refractivity contribution in [3.05, 3.63) is 0 Å². The summed E-state index contributed by atoms with van der Waals surface area (Å²) in [5.41, 5.74) is 0. The van der Waals surface area contributed by atoms with Crippen LogP contribution in [-0.4, -0.2) is 20.5 Å². The van der Waals surface area contributed by atoms with Gasteiger partial charge in [-0.2, -0.15) is 0 Å². The summed E-state index contributed by atoms with van der Waals surface area (Å²) >= 11 is 0. The maximum absolute atomic E-state index is 5.10. The zero-order chi connectivity index (χ0) is 8.53. The van der Waals surface area contributed by atoms with Crippen LogP contribution in [0.5, 0.6) is 0 Å². The van der Waals surface area contributed by atoms with Crippen molar-refractivity contribution in [2.45, 2.75) is 32.0 Å². The van der Waals surface area contributed by atoms with Gasteiger partial charge in [0.15, 0.2) is 6.29 Å². The van der Waals surface area contributed by atoms with E-state index in [-0.39, 0.29) is 6.29 Å². The van der Waals surface area contributed by atoms with Crippen molar-refractivity contribution < 1.29 is 9.47 Å². The maximum Gasteiger partial charge on any atom is 0.156 e. The lowest BCUT2D eigenvalue weighted by molar-refractivity contribution is -0.107. The lowest BCUT2D eigenvalue weighted by Crippen LogP contribution is -2.12. The van der Waals surface area contributed by atoms with Crippen LogP contribution < -0.4 is 0 Å². The highest BCUT2D eigenvalue weighted by molar-refractivity contribution is 4.82. The Morgan fingerprint density at radius 3 is 2.36 bits per heavy atom. The summed E-state index contributed by atoms with van der Waals surface area (Å²) in [4.78, 5) is 0. The first-order valence-corrected chi connectivity index (χ1v) is 3.84. The molecule has 0 saturated heterocycles. The molecule has 0 aliphatic carbocycles. The monoisotopic (exact) mass is 156 g/mol. The Hall–Kier alpha value is -0.520. The molecule has 0 radical (unpaired) electrons. The largest absolute Gasteiger partial charge is 0.356 e. The van der Waals surface area contributed by atoms with E-state index in [1.165, 1.54) is 0 Å². The summed E-state index contributed by atoms with van der Waals surface area (Å²) in [5, 5.41) is 0. The van der Waals surface area contributed by atoms with Gasteiger partial charge >= 0.3 is 0 Å². The molecule has 0 fully saturated rings. The topological polar surface area (TPSA) is 18.5 Å². The molecular weight excluding hydrogens is 140 g/mol. The van der Waals surface area contributed by atoms with E-state index < -0.39 is 0 Å². The highest BCUT2D eigenvalue weighted by atomic mass is 16.7. The van der Waals surface area contributed by atoms with Crippen LogP contribution in [0.3, 0.4) is 0 Å². The first kappa shape index (κ1) is 10.5. The van der Waals surface area contributed by atoms with Gasteiger partial charge in [-0.1, -0.05) is 0 Å². The second-order valence-electron chi connectivity index (χ2n) is 2.35. The van der Waals surface area contributed by atoms with E-state index in [1.54, 1.807) is 14.2 Å². The molecule has 0 aromatic carbocycles. The molecule has 64 valence electrons. The van der Waals surface area contributed by atoms with E-state index in [0.29, 0.717) is 0 Å². The van der Waals surface area contributed by atoms with Gasteiger partial charge in [0.25, 0.3) is 0 Å². The van der Waals surface area contributed by atoms with E-state index >= 15 is 0 Å². The van der Waals surface area contributed by atoms with E-state index in [9.17, 15) is 0 Å². The lowest BCUT2D eigenvalue weighted by atomic mass is 10.2. The van der Waals surface area contributed by atoms with Gasteiger partial charge in [-0.05, 0) is 19.3 Å². The van der Waals surface area contributed by atoms with Crippen molar-refractivity contribution in [3.63, 3.8) is 0 Å². The number of ether oxygens (including phenoxy) is 2. The van der Waals surface area contributed by atoms with Gasteiger partial charge in [-0.3, -0.25) is 0 Å². The Balaban J connectivity index is 3.16. The smallest absolute Gasteiger partial charge is 0.156 e. The van der Waals surface area contributed by atoms with Crippen molar-refractivity contribution >= 4 is 0 Å². The fraction of sp³-hybridized carbons (Fsp3) is 0.778. The van der Waals surface area contributed by atoms with Crippen LogP contribution in [0.4, 0.5) is 0 Å². The van der Waals surface area contributed by atoms with Gasteiger partial charge in [0.05, 0.1) is 0 Å². The number of terminal acetylenes is 1. The molecule has 0 N–H and O–H groups in total. The zero-order valence-corrected chi connectivity index (χ0v) is 7.30. The second-order valence-corrected chi connectivity index (χ2v) is 2.35. The predicted octanol–water partition coefficient (Wildman–Crippen LogP) is 1.80. The SMILES string of the molecule is C#CCCCCC(OC)OC. The van der Waals surface area contributed by atoms with Gasteiger partial charge in [0, 0.05) is 20.6 Å². The zero-order valence-electron chi connectivity index (χ0n) is 7.30. The molecular formula is C9H16O2. The third-order valence-electron chi connectivity index (χ3n) is 1.54. The van der Waals surface area contributed by atoms with Crippen molar-refractivity contribution in [1.82, 2.24) is 0 Å². The normalized spacial score (nSPS) is 10.0. The molecule has 0 saturated carbocycles. The molecule has 0 atom stereocenters. The molecule has 11 heavy (non-hydrogen) atoms. The summed E-state index contributed by atoms with van der Waals surface area (Å²) in [6.07, 6.45) is 8.93. The average Bonchev–Trinajstić information content (AvgIpc) is 2.05. The molecule has 0 aliphatic rings. The number of hydrogen-bond donors (Lipinski definition) is 0. The Morgan fingerprint density at radius 1 is 1.27 bits per heavy atom. The van der Waals surface area contributed by atoms with Crippen LogP contribution in [0.15, 0.2) is 0 Å². The highest BCUT2D eigenvalue weighted by Gasteiger charge is 2.02. The molecule has 0 amide bonds. The minimum absolute atomic E-state index is 0.0622. The summed E-state index contributed by atoms with van der Waals surface area (Å²) in [6.45, 7) is 0. The third-order valence-corrected chi connectivity index (χ3v) is 1.54. The summed E-state index contributed by atoms with van der Waals surface area (Å²) in [7, 11) is 3.30. The van der Waals surface area contributed by atoms with Crippen LogP contribution in [0.1, 0.15) is 25.7 Å². The van der Waals surface area contributed by atoms with E-state index in [0.717, 1.165) is 25.7 Å². The van der Waals surface area contributed by atoms with Crippen LogP contribution in [0.25, 0.3) is 0 Å². The fourth-order valence-corrected chi connectivity index (χ4v) is 0.870. The number of unbranched alkanes of at least 4 members (excludes halogenated alkanes) is 2. The average molecular weight is 156 g/mol. The Labute approximate surface area is 68.9 Å². The maximum atomic E-state index is 5.10. The summed E-state index contributed by atoms with van der Waals surface area (Å²) in [5.74, 6) is 2.60. The lowest BCUT2D eigenvalue weighted by Gasteiger charge is -2.11. The van der Waals surface area contributed by atoms with E-state index in [1.807, 2.05) is 0 Å². The molecule has 2 heteroatoms. The first-order valence-electron chi connectivity index (χ1n) is 3.84. The predicted molar refractivity (Wildman–Crippen MR) is 45.1 cm³/mol. The standard InChI is InChI=1S/C9H16O2/c1-4-5-6-7-8-9(10-2)11-3/h1,9H,5-8H2,2-3H3. The van der Waals surface area contributed by atoms with Crippen LogP contribution in [0.2, 0.25) is 0 Å². The number of methoxy groups -OCH3 is 2. The van der Waals surface area contributed by atoms with Gasteiger partial charge < -0.3 is 9.47 Å². The van der Waals surface area contributed by atoms with Crippen molar-refractivity contribution in [2.24, 2.45) is 0 Å². The summed E-state index contributed by atoms with van der Waals surface area (Å²) < 4.78 is 10.0. The Bertz CT molecular complexity index is 111. The quantitative estimate of drug-likeness (QED) is 0.331. The van der Waals surface area contributed by atoms with E-state index in [2.05, 4.69) is 5.92 Å². The number of hydrogen-bond acceptors (Lipinski definition) is 2. The second kappa shape index (κ2) is 7.59. The van der Waals surface area contributed by atoms with Crippen molar-refractivity contribution in [2.75, 3.05) is 14.2 Å². The van der Waals surface area contributed by atoms with Gasteiger partial charge in [0.2, 0.25) is 0 Å². The Morgan fingerprint density at radius 2 is 1.91 bits per heavy atom. The van der Waals surface area contributed by atoms with Crippen molar-refractivity contribution in [1.29, 1.82) is 0 Å². The fourth-order valence-electron chi connectivity index (χ4n) is 0.870. The highest BCUT2D eigenvalue weighted by Crippen LogP contribution is 2.05. The molecule has 0 aromatic heterocycles. The third kappa shape index (κ3) is 5.90. The molecule has 0 aromatic rings. The molecule has 0 heterocycles. The molecule has 0 rings (SSSR count). The van der Waals surface area contributed by atoms with E-state index in [4.69, 9.17) is 15.9 Å². The molecule has 0 unspecified atom stereocenters. The summed E-state index contributed by atoms with van der Waals surface area (Å²) in [6, 6.07) is 0. The van der Waals surface area contributed by atoms with Gasteiger partial charge in [-0.25, -0.2) is 0 Å². The van der Waals surface area contributed by atoms with Crippen LogP contribution in [-0.2, 0) is 9.47 Å². The van der Waals surface area contributed by atoms with Crippen LogP contribution >= 0.6 is 0 Å². The van der Waals surface area contributed by atoms with Crippen molar-refractivity contribution in [3.8, 4) is 12.3 Å². The first-order chi connectivity index (χ1) is 5.35. The number of rotatable bonds is 6. The molecule has 0 aliphatic heterocycles. The van der Waals surface area contributed by atoms with Gasteiger partial charge in [-0.15, -0.1) is 12.3 Å². The molecule has 2 nitrogen and oxygen atoms in total.